The van der Waals surface area contributed by atoms with Gasteiger partial charge in [-0.25, -0.2) is 5.06 Å². The van der Waals surface area contributed by atoms with Crippen LogP contribution in [-0.2, 0) is 11.0 Å². The summed E-state index contributed by atoms with van der Waals surface area (Å²) in [6.45, 7) is 0. The summed E-state index contributed by atoms with van der Waals surface area (Å²) in [6.07, 6.45) is -4.42. The average molecular weight is 301 g/mol. The van der Waals surface area contributed by atoms with E-state index in [1.807, 2.05) is 0 Å². The van der Waals surface area contributed by atoms with E-state index in [2.05, 4.69) is 20.2 Å². The second-order valence-electron chi connectivity index (χ2n) is 3.93. The predicted octanol–water partition coefficient (Wildman–Crippen LogP) is 1.31. The highest BCUT2D eigenvalue weighted by Crippen LogP contribution is 2.29. The van der Waals surface area contributed by atoms with E-state index in [1.54, 1.807) is 0 Å². The summed E-state index contributed by atoms with van der Waals surface area (Å²) in [4.78, 5) is 17.3. The van der Waals surface area contributed by atoms with E-state index in [-0.39, 0.29) is 11.5 Å². The molecule has 0 saturated heterocycles. The van der Waals surface area contributed by atoms with Crippen molar-refractivity contribution in [1.29, 1.82) is 0 Å². The average Bonchev–Trinajstić information content (AvgIpc) is 2.94. The van der Waals surface area contributed by atoms with Gasteiger partial charge in [0.2, 0.25) is 0 Å². The zero-order chi connectivity index (χ0) is 15.6. The molecule has 112 valence electrons. The number of tetrazole rings is 1. The van der Waals surface area contributed by atoms with Crippen LogP contribution in [0.1, 0.15) is 16.2 Å². The Bertz CT molecular complexity index is 638. The molecule has 21 heavy (non-hydrogen) atoms. The first-order valence-electron chi connectivity index (χ1n) is 5.62. The highest BCUT2D eigenvalue weighted by molar-refractivity contribution is 5.89. The van der Waals surface area contributed by atoms with Gasteiger partial charge in [0.25, 0.3) is 5.82 Å². The van der Waals surface area contributed by atoms with Crippen LogP contribution in [0.5, 0.6) is 0 Å². The van der Waals surface area contributed by atoms with Crippen molar-refractivity contribution in [3.8, 4) is 5.69 Å². The fraction of sp³-hybridized carbons (Fsp3) is 0.273. The van der Waals surface area contributed by atoms with Gasteiger partial charge in [0.05, 0.1) is 18.4 Å². The molecule has 0 bridgehead atoms. The molecule has 0 atom stereocenters. The molecule has 0 aliphatic rings. The lowest BCUT2D eigenvalue weighted by Crippen LogP contribution is -2.26. The number of amides is 1. The lowest BCUT2D eigenvalue weighted by molar-refractivity contribution is -0.137. The molecule has 0 spiro atoms. The number of halogens is 3. The fourth-order valence-corrected chi connectivity index (χ4v) is 1.42. The molecule has 1 aromatic heterocycles. The number of hydrogen-bond acceptors (Lipinski definition) is 5. The smallest absolute Gasteiger partial charge is 0.274 e. The minimum atomic E-state index is -4.42. The zero-order valence-corrected chi connectivity index (χ0v) is 11.0. The van der Waals surface area contributed by atoms with Crippen LogP contribution in [0.4, 0.5) is 13.2 Å². The van der Waals surface area contributed by atoms with Crippen LogP contribution in [0.15, 0.2) is 24.3 Å². The monoisotopic (exact) mass is 301 g/mol. The molecule has 0 aliphatic heterocycles. The Balaban J connectivity index is 2.24. The first kappa shape index (κ1) is 14.9. The Morgan fingerprint density at radius 1 is 1.29 bits per heavy atom. The van der Waals surface area contributed by atoms with E-state index < -0.39 is 17.6 Å². The van der Waals surface area contributed by atoms with Crippen LogP contribution >= 0.6 is 0 Å². The standard InChI is InChI=1S/C11H10F3N5O2/c1-18(21-2)10(20)9-15-17-19(16-9)8-5-3-7(4-6-8)11(12,13)14/h3-6H,1-2H3. The van der Waals surface area contributed by atoms with Gasteiger partial charge in [0.15, 0.2) is 0 Å². The molecule has 2 aromatic rings. The zero-order valence-electron chi connectivity index (χ0n) is 11.0. The summed E-state index contributed by atoms with van der Waals surface area (Å²) < 4.78 is 37.3. The molecule has 0 aliphatic carbocycles. The number of hydroxylamine groups is 2. The van der Waals surface area contributed by atoms with E-state index in [9.17, 15) is 18.0 Å². The van der Waals surface area contributed by atoms with Crippen molar-refractivity contribution in [2.24, 2.45) is 0 Å². The Hall–Kier alpha value is -2.49. The van der Waals surface area contributed by atoms with Gasteiger partial charge in [-0.05, 0) is 29.5 Å². The molecule has 1 heterocycles. The van der Waals surface area contributed by atoms with Crippen molar-refractivity contribution in [2.45, 2.75) is 6.18 Å². The lowest BCUT2D eigenvalue weighted by atomic mass is 10.2. The number of hydrogen-bond donors (Lipinski definition) is 0. The van der Waals surface area contributed by atoms with E-state index in [4.69, 9.17) is 0 Å². The van der Waals surface area contributed by atoms with Gasteiger partial charge < -0.3 is 0 Å². The molecule has 0 radical (unpaired) electrons. The molecule has 7 nitrogen and oxygen atoms in total. The number of aromatic nitrogens is 4. The van der Waals surface area contributed by atoms with Crippen molar-refractivity contribution in [1.82, 2.24) is 25.3 Å². The lowest BCUT2D eigenvalue weighted by Gasteiger charge is -2.09. The summed E-state index contributed by atoms with van der Waals surface area (Å²) in [7, 11) is 2.65. The number of rotatable bonds is 3. The normalized spacial score (nSPS) is 11.5. The first-order valence-corrected chi connectivity index (χ1v) is 5.62. The molecule has 0 N–H and O–H groups in total. The molecular formula is C11H10F3N5O2. The van der Waals surface area contributed by atoms with Gasteiger partial charge in [0.1, 0.15) is 0 Å². The van der Waals surface area contributed by atoms with Gasteiger partial charge in [-0.15, -0.1) is 15.0 Å². The second kappa shape index (κ2) is 5.48. The summed E-state index contributed by atoms with van der Waals surface area (Å²) in [6, 6.07) is 4.14. The SMILES string of the molecule is CON(C)C(=O)c1nnn(-c2ccc(C(F)(F)F)cc2)n1. The molecule has 0 unspecified atom stereocenters. The second-order valence-corrected chi connectivity index (χ2v) is 3.93. The molecule has 0 fully saturated rings. The first-order chi connectivity index (χ1) is 9.82. The van der Waals surface area contributed by atoms with Crippen molar-refractivity contribution in [2.75, 3.05) is 14.2 Å². The Labute approximate surface area is 116 Å². The number of carbonyl (C=O) groups is 1. The van der Waals surface area contributed by atoms with Crippen molar-refractivity contribution in [3.63, 3.8) is 0 Å². The third-order valence-electron chi connectivity index (χ3n) is 2.59. The largest absolute Gasteiger partial charge is 0.416 e. The topological polar surface area (TPSA) is 73.1 Å². The molecule has 10 heteroatoms. The number of benzene rings is 1. The van der Waals surface area contributed by atoms with Gasteiger partial charge in [-0.2, -0.15) is 13.2 Å². The minimum Gasteiger partial charge on any atom is -0.274 e. The van der Waals surface area contributed by atoms with Gasteiger partial charge in [0, 0.05) is 7.05 Å². The van der Waals surface area contributed by atoms with E-state index in [0.717, 1.165) is 22.0 Å². The van der Waals surface area contributed by atoms with Crippen LogP contribution in [0.25, 0.3) is 5.69 Å². The quantitative estimate of drug-likeness (QED) is 0.799. The Kier molecular flexibility index (Phi) is 3.89. The highest BCUT2D eigenvalue weighted by atomic mass is 19.4. The maximum atomic E-state index is 12.4. The molecule has 0 saturated carbocycles. The summed E-state index contributed by atoms with van der Waals surface area (Å²) in [5.74, 6) is -0.866. The summed E-state index contributed by atoms with van der Waals surface area (Å²) in [5.41, 5.74) is -0.545. The molecule has 1 amide bonds. The third kappa shape index (κ3) is 3.16. The Morgan fingerprint density at radius 2 is 1.90 bits per heavy atom. The maximum absolute atomic E-state index is 12.4. The van der Waals surface area contributed by atoms with E-state index in [0.29, 0.717) is 0 Å². The van der Waals surface area contributed by atoms with Crippen molar-refractivity contribution >= 4 is 5.91 Å². The molecule has 2 rings (SSSR count). The van der Waals surface area contributed by atoms with Gasteiger partial charge >= 0.3 is 12.1 Å². The van der Waals surface area contributed by atoms with Crippen LogP contribution in [0, 0.1) is 0 Å². The predicted molar refractivity (Wildman–Crippen MR) is 63.3 cm³/mol. The van der Waals surface area contributed by atoms with Crippen LogP contribution in [-0.4, -0.2) is 45.3 Å². The number of nitrogens with zero attached hydrogens (tertiary/aromatic N) is 5. The summed E-state index contributed by atoms with van der Waals surface area (Å²) in [5, 5.41) is 11.8. The molecular weight excluding hydrogens is 291 g/mol. The van der Waals surface area contributed by atoms with Gasteiger partial charge in [-0.1, -0.05) is 0 Å². The van der Waals surface area contributed by atoms with Crippen molar-refractivity contribution < 1.29 is 22.8 Å². The third-order valence-corrected chi connectivity index (χ3v) is 2.59. The van der Waals surface area contributed by atoms with Crippen LogP contribution < -0.4 is 0 Å². The Morgan fingerprint density at radius 3 is 2.43 bits per heavy atom. The van der Waals surface area contributed by atoms with Crippen LogP contribution in [0.3, 0.4) is 0 Å². The molecule has 1 aromatic carbocycles. The maximum Gasteiger partial charge on any atom is 0.416 e. The van der Waals surface area contributed by atoms with E-state index >= 15 is 0 Å². The highest BCUT2D eigenvalue weighted by Gasteiger charge is 2.30. The number of carbonyl (C=O) groups excluding carboxylic acids is 1. The van der Waals surface area contributed by atoms with Gasteiger partial charge in [-0.3, -0.25) is 9.63 Å². The van der Waals surface area contributed by atoms with Crippen molar-refractivity contribution in [3.05, 3.63) is 35.7 Å². The fourth-order valence-electron chi connectivity index (χ4n) is 1.42. The summed E-state index contributed by atoms with van der Waals surface area (Å²) >= 11 is 0. The van der Waals surface area contributed by atoms with E-state index in [1.165, 1.54) is 26.3 Å². The minimum absolute atomic E-state index is 0.237. The number of alkyl halides is 3. The van der Waals surface area contributed by atoms with Crippen LogP contribution in [0.2, 0.25) is 0 Å².